The summed E-state index contributed by atoms with van der Waals surface area (Å²) >= 11 is 0. The third-order valence-corrected chi connectivity index (χ3v) is 4.16. The van der Waals surface area contributed by atoms with Gasteiger partial charge in [0, 0.05) is 31.4 Å². The largest absolute Gasteiger partial charge is 0.334 e. The van der Waals surface area contributed by atoms with Gasteiger partial charge in [-0.3, -0.25) is 9.78 Å². The number of rotatable bonds is 1. The van der Waals surface area contributed by atoms with Crippen LogP contribution in [0.5, 0.6) is 0 Å². The van der Waals surface area contributed by atoms with Crippen molar-refractivity contribution >= 4 is 5.91 Å². The van der Waals surface area contributed by atoms with E-state index in [0.29, 0.717) is 12.0 Å². The molecule has 1 N–H and O–H groups in total. The number of nitrogens with zero attached hydrogens (tertiary/aromatic N) is 2. The second-order valence-electron chi connectivity index (χ2n) is 5.36. The van der Waals surface area contributed by atoms with E-state index in [4.69, 9.17) is 0 Å². The average Bonchev–Trinajstić information content (AvgIpc) is 2.89. The number of pyridine rings is 1. The Kier molecular flexibility index (Phi) is 2.82. The van der Waals surface area contributed by atoms with Crippen molar-refractivity contribution in [1.82, 2.24) is 15.2 Å². The fourth-order valence-corrected chi connectivity index (χ4v) is 3.17. The van der Waals surface area contributed by atoms with Crippen molar-refractivity contribution < 1.29 is 4.79 Å². The molecule has 0 radical (unpaired) electrons. The number of fused-ring (bicyclic) bond motifs is 1. The quantitative estimate of drug-likeness (QED) is 0.807. The fraction of sp³-hybridized carbons (Fsp3) is 0.571. The summed E-state index contributed by atoms with van der Waals surface area (Å²) < 4.78 is 0. The van der Waals surface area contributed by atoms with Crippen LogP contribution in [0.1, 0.15) is 28.2 Å². The highest BCUT2D eigenvalue weighted by atomic mass is 16.2. The number of carbonyl (C=O) groups is 1. The minimum atomic E-state index is 0.149. The summed E-state index contributed by atoms with van der Waals surface area (Å²) in [6.07, 6.45) is 1.13. The van der Waals surface area contributed by atoms with Gasteiger partial charge >= 0.3 is 0 Å². The molecule has 2 aliphatic heterocycles. The molecule has 4 heteroatoms. The number of aromatic nitrogens is 1. The summed E-state index contributed by atoms with van der Waals surface area (Å²) in [5, 5.41) is 3.37. The van der Waals surface area contributed by atoms with Crippen LogP contribution in [0.15, 0.2) is 12.1 Å². The zero-order chi connectivity index (χ0) is 12.7. The summed E-state index contributed by atoms with van der Waals surface area (Å²) in [6.45, 7) is 6.76. The summed E-state index contributed by atoms with van der Waals surface area (Å²) in [7, 11) is 0. The standard InChI is InChI=1S/C14H19N3O/c1-9-3-4-12(10(2)16-9)14(18)17-6-5-11-7-15-8-13(11)17/h3-4,11,13,15H,5-8H2,1-2H3/t11-,13+/m0/s1. The lowest BCUT2D eigenvalue weighted by Gasteiger charge is -2.24. The molecule has 2 atom stereocenters. The average molecular weight is 245 g/mol. The molecule has 1 amide bonds. The van der Waals surface area contributed by atoms with E-state index in [9.17, 15) is 4.79 Å². The number of hydrogen-bond acceptors (Lipinski definition) is 3. The van der Waals surface area contributed by atoms with Crippen molar-refractivity contribution in [1.29, 1.82) is 0 Å². The summed E-state index contributed by atoms with van der Waals surface area (Å²) in [6, 6.07) is 4.22. The predicted molar refractivity (Wildman–Crippen MR) is 69.5 cm³/mol. The summed E-state index contributed by atoms with van der Waals surface area (Å²) in [5.74, 6) is 0.795. The smallest absolute Gasteiger partial charge is 0.255 e. The van der Waals surface area contributed by atoms with Gasteiger partial charge in [0.15, 0.2) is 0 Å². The van der Waals surface area contributed by atoms with Crippen molar-refractivity contribution in [3.63, 3.8) is 0 Å². The molecule has 2 aliphatic rings. The van der Waals surface area contributed by atoms with Crippen LogP contribution in [-0.4, -0.2) is 41.5 Å². The van der Waals surface area contributed by atoms with Crippen molar-refractivity contribution in [3.8, 4) is 0 Å². The number of amides is 1. The van der Waals surface area contributed by atoms with Gasteiger partial charge in [-0.05, 0) is 38.3 Å². The lowest BCUT2D eigenvalue weighted by Crippen LogP contribution is -2.39. The lowest BCUT2D eigenvalue weighted by atomic mass is 10.0. The molecule has 18 heavy (non-hydrogen) atoms. The number of likely N-dealkylation sites (tertiary alicyclic amines) is 1. The second-order valence-corrected chi connectivity index (χ2v) is 5.36. The van der Waals surface area contributed by atoms with Crippen LogP contribution in [-0.2, 0) is 0 Å². The highest BCUT2D eigenvalue weighted by molar-refractivity contribution is 5.95. The van der Waals surface area contributed by atoms with Crippen LogP contribution >= 0.6 is 0 Å². The molecular formula is C14H19N3O. The molecule has 1 aromatic heterocycles. The fourth-order valence-electron chi connectivity index (χ4n) is 3.17. The molecule has 0 bridgehead atoms. The number of hydrogen-bond donors (Lipinski definition) is 1. The third kappa shape index (κ3) is 1.81. The first-order valence-corrected chi connectivity index (χ1v) is 6.63. The van der Waals surface area contributed by atoms with Crippen molar-refractivity contribution in [2.75, 3.05) is 19.6 Å². The molecule has 0 unspecified atom stereocenters. The first-order valence-electron chi connectivity index (χ1n) is 6.63. The van der Waals surface area contributed by atoms with E-state index in [-0.39, 0.29) is 5.91 Å². The monoisotopic (exact) mass is 245 g/mol. The molecule has 96 valence electrons. The van der Waals surface area contributed by atoms with E-state index < -0.39 is 0 Å². The minimum absolute atomic E-state index is 0.149. The van der Waals surface area contributed by atoms with E-state index in [1.165, 1.54) is 0 Å². The van der Waals surface area contributed by atoms with Gasteiger partial charge in [-0.25, -0.2) is 0 Å². The molecule has 3 rings (SSSR count). The van der Waals surface area contributed by atoms with Crippen LogP contribution in [0.25, 0.3) is 0 Å². The molecule has 0 aromatic carbocycles. The maximum atomic E-state index is 12.6. The van der Waals surface area contributed by atoms with E-state index >= 15 is 0 Å². The van der Waals surface area contributed by atoms with Gasteiger partial charge < -0.3 is 10.2 Å². The van der Waals surface area contributed by atoms with E-state index in [1.54, 1.807) is 0 Å². The topological polar surface area (TPSA) is 45.2 Å². The lowest BCUT2D eigenvalue weighted by molar-refractivity contribution is 0.0736. The zero-order valence-electron chi connectivity index (χ0n) is 10.9. The Balaban J connectivity index is 1.86. The number of carbonyl (C=O) groups excluding carboxylic acids is 1. The van der Waals surface area contributed by atoms with Crippen LogP contribution in [0.3, 0.4) is 0 Å². The van der Waals surface area contributed by atoms with Gasteiger partial charge in [-0.1, -0.05) is 0 Å². The highest BCUT2D eigenvalue weighted by Crippen LogP contribution is 2.28. The van der Waals surface area contributed by atoms with Crippen LogP contribution in [0.4, 0.5) is 0 Å². The van der Waals surface area contributed by atoms with Gasteiger partial charge in [0.25, 0.3) is 5.91 Å². The van der Waals surface area contributed by atoms with E-state index in [0.717, 1.165) is 43.0 Å². The molecular weight excluding hydrogens is 226 g/mol. The first-order chi connectivity index (χ1) is 8.66. The third-order valence-electron chi connectivity index (χ3n) is 4.16. The van der Waals surface area contributed by atoms with Crippen molar-refractivity contribution in [2.24, 2.45) is 5.92 Å². The van der Waals surface area contributed by atoms with Crippen molar-refractivity contribution in [2.45, 2.75) is 26.3 Å². The Morgan fingerprint density at radius 2 is 2.22 bits per heavy atom. The van der Waals surface area contributed by atoms with E-state index in [1.807, 2.05) is 30.9 Å². The molecule has 0 aliphatic carbocycles. The Morgan fingerprint density at radius 3 is 3.00 bits per heavy atom. The Bertz CT molecular complexity index is 486. The molecule has 4 nitrogen and oxygen atoms in total. The summed E-state index contributed by atoms with van der Waals surface area (Å²) in [5.41, 5.74) is 2.56. The normalized spacial score (nSPS) is 26.4. The Hall–Kier alpha value is -1.42. The molecule has 3 heterocycles. The molecule has 1 aromatic rings. The van der Waals surface area contributed by atoms with E-state index in [2.05, 4.69) is 10.3 Å². The van der Waals surface area contributed by atoms with Gasteiger partial charge in [-0.2, -0.15) is 0 Å². The van der Waals surface area contributed by atoms with Gasteiger partial charge in [0.2, 0.25) is 0 Å². The maximum Gasteiger partial charge on any atom is 0.255 e. The van der Waals surface area contributed by atoms with Crippen LogP contribution in [0.2, 0.25) is 0 Å². The van der Waals surface area contributed by atoms with Crippen molar-refractivity contribution in [3.05, 3.63) is 29.1 Å². The Morgan fingerprint density at radius 1 is 1.39 bits per heavy atom. The first kappa shape index (κ1) is 11.7. The molecule has 2 saturated heterocycles. The molecule has 2 fully saturated rings. The predicted octanol–water partition coefficient (Wildman–Crippen LogP) is 1.13. The van der Waals surface area contributed by atoms with Gasteiger partial charge in [0.1, 0.15) is 0 Å². The van der Waals surface area contributed by atoms with Crippen LogP contribution < -0.4 is 5.32 Å². The second kappa shape index (κ2) is 4.35. The maximum absolute atomic E-state index is 12.6. The number of nitrogens with one attached hydrogen (secondary N) is 1. The number of aryl methyl sites for hydroxylation is 2. The Labute approximate surface area is 107 Å². The molecule has 0 saturated carbocycles. The SMILES string of the molecule is Cc1ccc(C(=O)N2CC[C@H]3CNC[C@H]32)c(C)n1. The molecule has 0 spiro atoms. The minimum Gasteiger partial charge on any atom is -0.334 e. The summed E-state index contributed by atoms with van der Waals surface area (Å²) in [4.78, 5) is 19.0. The zero-order valence-corrected chi connectivity index (χ0v) is 10.9. The van der Waals surface area contributed by atoms with Crippen LogP contribution in [0, 0.1) is 19.8 Å². The van der Waals surface area contributed by atoms with Gasteiger partial charge in [-0.15, -0.1) is 0 Å². The highest BCUT2D eigenvalue weighted by Gasteiger charge is 2.40. The van der Waals surface area contributed by atoms with Gasteiger partial charge in [0.05, 0.1) is 11.3 Å².